The van der Waals surface area contributed by atoms with Gasteiger partial charge in [0.1, 0.15) is 0 Å². The maximum Gasteiger partial charge on any atom is 0.240 e. The molecule has 2 atom stereocenters. The smallest absolute Gasteiger partial charge is 0.240 e. The summed E-state index contributed by atoms with van der Waals surface area (Å²) in [6.07, 6.45) is 4.71. The summed E-state index contributed by atoms with van der Waals surface area (Å²) in [4.78, 5) is 15.9. The van der Waals surface area contributed by atoms with Gasteiger partial charge in [0.2, 0.25) is 5.91 Å². The van der Waals surface area contributed by atoms with Crippen molar-refractivity contribution in [2.24, 2.45) is 0 Å². The molecule has 0 bridgehead atoms. The third kappa shape index (κ3) is 4.19. The molecular weight excluding hydrogens is 320 g/mol. The molecule has 1 N–H and O–H groups in total. The maximum atomic E-state index is 12.8. The Morgan fingerprint density at radius 2 is 2.25 bits per heavy atom. The zero-order chi connectivity index (χ0) is 16.9. The summed E-state index contributed by atoms with van der Waals surface area (Å²) in [5, 5.41) is 8.05. The summed E-state index contributed by atoms with van der Waals surface area (Å²) in [5.41, 5.74) is 1.04. The quantitative estimate of drug-likeness (QED) is 0.906. The fourth-order valence-electron chi connectivity index (χ4n) is 2.86. The first-order valence-corrected chi connectivity index (χ1v) is 9.28. The predicted molar refractivity (Wildman–Crippen MR) is 98.4 cm³/mol. The number of para-hydroxylation sites is 1. The topological polar surface area (TPSA) is 50.2 Å². The van der Waals surface area contributed by atoms with Crippen molar-refractivity contribution in [3.8, 4) is 0 Å². The van der Waals surface area contributed by atoms with Gasteiger partial charge in [-0.25, -0.2) is 0 Å². The van der Waals surface area contributed by atoms with Crippen LogP contribution < -0.4 is 10.2 Å². The Hall–Kier alpha value is -1.79. The molecule has 5 nitrogen and oxygen atoms in total. The molecule has 0 radical (unpaired) electrons. The molecular formula is C18H24N4OS. The Bertz CT molecular complexity index is 673. The van der Waals surface area contributed by atoms with Crippen molar-refractivity contribution in [2.75, 3.05) is 18.0 Å². The molecule has 3 rings (SSSR count). The number of aromatic nitrogens is 2. The number of thioether (sulfide) groups is 1. The lowest BCUT2D eigenvalue weighted by Crippen LogP contribution is -2.42. The van der Waals surface area contributed by atoms with Gasteiger partial charge in [-0.3, -0.25) is 9.48 Å². The van der Waals surface area contributed by atoms with Crippen molar-refractivity contribution in [3.05, 3.63) is 42.7 Å². The lowest BCUT2D eigenvalue weighted by molar-refractivity contribution is -0.118. The van der Waals surface area contributed by atoms with Crippen LogP contribution in [0.3, 0.4) is 0 Å². The first-order valence-electron chi connectivity index (χ1n) is 8.40. The second-order valence-electron chi connectivity index (χ2n) is 6.24. The Labute approximate surface area is 147 Å². The zero-order valence-corrected chi connectivity index (χ0v) is 15.0. The molecule has 0 fully saturated rings. The normalized spacial score (nSPS) is 18.8. The molecule has 1 aliphatic rings. The van der Waals surface area contributed by atoms with E-state index in [0.717, 1.165) is 25.2 Å². The minimum atomic E-state index is 0.129. The van der Waals surface area contributed by atoms with E-state index in [1.54, 1.807) is 6.20 Å². The Morgan fingerprint density at radius 3 is 3.04 bits per heavy atom. The molecule has 0 aliphatic carbocycles. The number of amides is 1. The van der Waals surface area contributed by atoms with Crippen LogP contribution in [0, 0.1) is 0 Å². The van der Waals surface area contributed by atoms with Gasteiger partial charge in [0.25, 0.3) is 0 Å². The molecule has 24 heavy (non-hydrogen) atoms. The third-order valence-corrected chi connectivity index (χ3v) is 5.40. The number of hydrogen-bond acceptors (Lipinski definition) is 4. The van der Waals surface area contributed by atoms with E-state index >= 15 is 0 Å². The summed E-state index contributed by atoms with van der Waals surface area (Å²) in [5.74, 6) is 0.129. The molecule has 1 amide bonds. The largest absolute Gasteiger partial charge is 0.310 e. The Kier molecular flexibility index (Phi) is 5.58. The summed E-state index contributed by atoms with van der Waals surface area (Å²) in [6.45, 7) is 6.17. The SMILES string of the molecule is C[C@H](Cn1cccn1)NCC(=O)N1CC[C@@H](C)Sc2ccccc21. The van der Waals surface area contributed by atoms with Crippen LogP contribution in [0.15, 0.2) is 47.6 Å². The number of carbonyl (C=O) groups excluding carboxylic acids is 1. The minimum Gasteiger partial charge on any atom is -0.310 e. The van der Waals surface area contributed by atoms with Crippen LogP contribution in [0.1, 0.15) is 20.3 Å². The zero-order valence-electron chi connectivity index (χ0n) is 14.2. The van der Waals surface area contributed by atoms with Crippen molar-refractivity contribution in [2.45, 2.75) is 43.0 Å². The molecule has 0 saturated carbocycles. The molecule has 1 aliphatic heterocycles. The van der Waals surface area contributed by atoms with Crippen LogP contribution in [0.2, 0.25) is 0 Å². The molecule has 6 heteroatoms. The molecule has 0 spiro atoms. The standard InChI is InChI=1S/C18H24N4OS/c1-14(13-21-10-5-9-20-21)19-12-18(23)22-11-8-15(2)24-17-7-4-3-6-16(17)22/h3-7,9-10,14-15,19H,8,11-13H2,1-2H3/t14-,15-/m1/s1. The number of nitrogens with one attached hydrogen (secondary N) is 1. The second-order valence-corrected chi connectivity index (χ2v) is 7.72. The van der Waals surface area contributed by atoms with E-state index < -0.39 is 0 Å². The Morgan fingerprint density at radius 1 is 1.42 bits per heavy atom. The van der Waals surface area contributed by atoms with E-state index in [9.17, 15) is 4.79 Å². The fourth-order valence-corrected chi connectivity index (χ4v) is 3.97. The van der Waals surface area contributed by atoms with Gasteiger partial charge < -0.3 is 10.2 Å². The van der Waals surface area contributed by atoms with E-state index in [4.69, 9.17) is 0 Å². The van der Waals surface area contributed by atoms with Crippen molar-refractivity contribution < 1.29 is 4.79 Å². The molecule has 0 saturated heterocycles. The number of hydrogen-bond donors (Lipinski definition) is 1. The lowest BCUT2D eigenvalue weighted by atomic mass is 10.2. The van der Waals surface area contributed by atoms with Crippen molar-refractivity contribution in [3.63, 3.8) is 0 Å². The third-order valence-electron chi connectivity index (χ3n) is 4.17. The highest BCUT2D eigenvalue weighted by Gasteiger charge is 2.24. The highest BCUT2D eigenvalue weighted by Crippen LogP contribution is 2.37. The van der Waals surface area contributed by atoms with Gasteiger partial charge >= 0.3 is 0 Å². The van der Waals surface area contributed by atoms with Crippen LogP contribution >= 0.6 is 11.8 Å². The maximum absolute atomic E-state index is 12.8. The van der Waals surface area contributed by atoms with Gasteiger partial charge in [-0.15, -0.1) is 11.8 Å². The van der Waals surface area contributed by atoms with Gasteiger partial charge in [0.05, 0.1) is 18.8 Å². The summed E-state index contributed by atoms with van der Waals surface area (Å²) in [6, 6.07) is 10.3. The number of nitrogens with zero attached hydrogens (tertiary/aromatic N) is 3. The van der Waals surface area contributed by atoms with Crippen LogP contribution in [0.4, 0.5) is 5.69 Å². The highest BCUT2D eigenvalue weighted by molar-refractivity contribution is 8.00. The molecule has 1 aromatic carbocycles. The lowest BCUT2D eigenvalue weighted by Gasteiger charge is -2.24. The fraction of sp³-hybridized carbons (Fsp3) is 0.444. The number of carbonyl (C=O) groups is 1. The summed E-state index contributed by atoms with van der Waals surface area (Å²) < 4.78 is 1.88. The van der Waals surface area contributed by atoms with E-state index in [-0.39, 0.29) is 11.9 Å². The molecule has 128 valence electrons. The van der Waals surface area contributed by atoms with Crippen molar-refractivity contribution in [1.29, 1.82) is 0 Å². The minimum absolute atomic E-state index is 0.129. The molecule has 1 aromatic heterocycles. The molecule has 0 unspecified atom stereocenters. The first-order chi connectivity index (χ1) is 11.6. The van der Waals surface area contributed by atoms with Crippen LogP contribution in [-0.2, 0) is 11.3 Å². The predicted octanol–water partition coefficient (Wildman–Crippen LogP) is 2.78. The average molecular weight is 344 g/mol. The van der Waals surface area contributed by atoms with Crippen LogP contribution in [0.25, 0.3) is 0 Å². The number of rotatable bonds is 5. The van der Waals surface area contributed by atoms with Crippen LogP contribution in [0.5, 0.6) is 0 Å². The van der Waals surface area contributed by atoms with Crippen molar-refractivity contribution in [1.82, 2.24) is 15.1 Å². The highest BCUT2D eigenvalue weighted by atomic mass is 32.2. The molecule has 2 heterocycles. The Balaban J connectivity index is 1.62. The van der Waals surface area contributed by atoms with Crippen LogP contribution in [-0.4, -0.2) is 40.1 Å². The monoisotopic (exact) mass is 344 g/mol. The van der Waals surface area contributed by atoms with E-state index in [2.05, 4.69) is 30.3 Å². The van der Waals surface area contributed by atoms with Crippen molar-refractivity contribution >= 4 is 23.4 Å². The van der Waals surface area contributed by atoms with Gasteiger partial charge in [0.15, 0.2) is 0 Å². The van der Waals surface area contributed by atoms with Gasteiger partial charge in [-0.2, -0.15) is 5.10 Å². The van der Waals surface area contributed by atoms with Gasteiger partial charge in [-0.05, 0) is 31.5 Å². The summed E-state index contributed by atoms with van der Waals surface area (Å²) >= 11 is 1.86. The number of anilines is 1. The average Bonchev–Trinajstić information content (AvgIpc) is 3.01. The number of fused-ring (bicyclic) bond motifs is 1. The first kappa shape index (κ1) is 17.0. The number of benzene rings is 1. The van der Waals surface area contributed by atoms with E-state index in [1.165, 1.54) is 4.90 Å². The second kappa shape index (κ2) is 7.85. The van der Waals surface area contributed by atoms with Gasteiger partial charge in [0, 0.05) is 35.1 Å². The summed E-state index contributed by atoms with van der Waals surface area (Å²) in [7, 11) is 0. The van der Waals surface area contributed by atoms with E-state index in [0.29, 0.717) is 11.8 Å². The van der Waals surface area contributed by atoms with Gasteiger partial charge in [-0.1, -0.05) is 19.1 Å². The molecule has 2 aromatic rings. The van der Waals surface area contributed by atoms with E-state index in [1.807, 2.05) is 51.8 Å².